The summed E-state index contributed by atoms with van der Waals surface area (Å²) in [7, 11) is 0. The average molecular weight is 334 g/mol. The van der Waals surface area contributed by atoms with E-state index in [1.54, 1.807) is 0 Å². The zero-order chi connectivity index (χ0) is 16.8. The third kappa shape index (κ3) is 5.24. The van der Waals surface area contributed by atoms with Crippen LogP contribution in [-0.2, 0) is 0 Å². The molecule has 2 atom stereocenters. The number of aliphatic hydroxyl groups excluding tert-OH is 1. The Morgan fingerprint density at radius 1 is 1.17 bits per heavy atom. The largest absolute Gasteiger partial charge is 0.491 e. The van der Waals surface area contributed by atoms with E-state index in [1.165, 1.54) is 5.56 Å². The second-order valence-corrected chi connectivity index (χ2v) is 6.28. The molecule has 0 aliphatic carbocycles. The monoisotopic (exact) mass is 333 g/mol. The van der Waals surface area contributed by atoms with Crippen molar-refractivity contribution in [1.82, 2.24) is 5.32 Å². The summed E-state index contributed by atoms with van der Waals surface area (Å²) in [4.78, 5) is 0. The van der Waals surface area contributed by atoms with Crippen LogP contribution in [0.1, 0.15) is 29.7 Å². The van der Waals surface area contributed by atoms with Gasteiger partial charge in [0, 0.05) is 17.6 Å². The van der Waals surface area contributed by atoms with Crippen molar-refractivity contribution in [2.45, 2.75) is 32.9 Å². The first kappa shape index (κ1) is 17.8. The molecule has 2 N–H and O–H groups in total. The Kier molecular flexibility index (Phi) is 6.46. The molecule has 0 saturated carbocycles. The van der Waals surface area contributed by atoms with Gasteiger partial charge < -0.3 is 15.2 Å². The first-order valence-corrected chi connectivity index (χ1v) is 8.21. The molecule has 3 nitrogen and oxygen atoms in total. The zero-order valence-corrected chi connectivity index (χ0v) is 14.6. The summed E-state index contributed by atoms with van der Waals surface area (Å²) in [5.74, 6) is 0.826. The standard InChI is InChI=1S/C19H24ClNO2/c1-13-6-4-9-19(14(13)2)23-12-18(22)11-21-15(3)16-7-5-8-17(20)10-16/h4-10,15,18,21-22H,11-12H2,1-3H3. The molecule has 0 radical (unpaired) electrons. The summed E-state index contributed by atoms with van der Waals surface area (Å²) >= 11 is 6.00. The lowest BCUT2D eigenvalue weighted by Crippen LogP contribution is -2.33. The van der Waals surface area contributed by atoms with Gasteiger partial charge in [0.2, 0.25) is 0 Å². The summed E-state index contributed by atoms with van der Waals surface area (Å²) in [5.41, 5.74) is 3.39. The molecule has 2 aromatic carbocycles. The van der Waals surface area contributed by atoms with E-state index in [-0.39, 0.29) is 12.6 Å². The maximum atomic E-state index is 10.1. The summed E-state index contributed by atoms with van der Waals surface area (Å²) < 4.78 is 5.73. The van der Waals surface area contributed by atoms with Crippen LogP contribution in [0.5, 0.6) is 5.75 Å². The van der Waals surface area contributed by atoms with Gasteiger partial charge in [-0.2, -0.15) is 0 Å². The van der Waals surface area contributed by atoms with Gasteiger partial charge in [-0.1, -0.05) is 35.9 Å². The smallest absolute Gasteiger partial charge is 0.122 e. The molecule has 2 rings (SSSR count). The van der Waals surface area contributed by atoms with Crippen molar-refractivity contribution in [3.63, 3.8) is 0 Å². The van der Waals surface area contributed by atoms with Crippen molar-refractivity contribution in [1.29, 1.82) is 0 Å². The van der Waals surface area contributed by atoms with Crippen molar-refractivity contribution in [3.8, 4) is 5.75 Å². The van der Waals surface area contributed by atoms with Crippen molar-refractivity contribution in [2.24, 2.45) is 0 Å². The van der Waals surface area contributed by atoms with Gasteiger partial charge in [-0.25, -0.2) is 0 Å². The maximum Gasteiger partial charge on any atom is 0.122 e. The Bertz CT molecular complexity index is 645. The number of benzene rings is 2. The van der Waals surface area contributed by atoms with Gasteiger partial charge in [0.05, 0.1) is 0 Å². The molecular formula is C19H24ClNO2. The number of nitrogens with one attached hydrogen (secondary N) is 1. The van der Waals surface area contributed by atoms with Gasteiger partial charge >= 0.3 is 0 Å². The highest BCUT2D eigenvalue weighted by atomic mass is 35.5. The van der Waals surface area contributed by atoms with E-state index in [2.05, 4.69) is 5.32 Å². The molecule has 4 heteroatoms. The first-order chi connectivity index (χ1) is 11.0. The van der Waals surface area contributed by atoms with Crippen LogP contribution in [0.2, 0.25) is 5.02 Å². The maximum absolute atomic E-state index is 10.1. The van der Waals surface area contributed by atoms with Crippen LogP contribution >= 0.6 is 11.6 Å². The van der Waals surface area contributed by atoms with Crippen molar-refractivity contribution in [2.75, 3.05) is 13.2 Å². The zero-order valence-electron chi connectivity index (χ0n) is 13.8. The second kappa shape index (κ2) is 8.34. The molecule has 0 aliphatic rings. The quantitative estimate of drug-likeness (QED) is 0.803. The molecule has 0 bridgehead atoms. The van der Waals surface area contributed by atoms with Crippen LogP contribution < -0.4 is 10.1 Å². The molecule has 0 spiro atoms. The molecule has 0 aliphatic heterocycles. The molecule has 0 aromatic heterocycles. The number of aliphatic hydroxyl groups is 1. The Morgan fingerprint density at radius 3 is 2.65 bits per heavy atom. The summed E-state index contributed by atoms with van der Waals surface area (Å²) in [6.45, 7) is 6.84. The molecule has 0 fully saturated rings. The summed E-state index contributed by atoms with van der Waals surface area (Å²) in [6, 6.07) is 13.8. The first-order valence-electron chi connectivity index (χ1n) is 7.83. The van der Waals surface area contributed by atoms with Gasteiger partial charge in [-0.3, -0.25) is 0 Å². The van der Waals surface area contributed by atoms with Gasteiger partial charge in [0.1, 0.15) is 18.5 Å². The third-order valence-electron chi connectivity index (χ3n) is 3.99. The minimum Gasteiger partial charge on any atom is -0.491 e. The van der Waals surface area contributed by atoms with Crippen LogP contribution in [0.3, 0.4) is 0 Å². The van der Waals surface area contributed by atoms with Crippen LogP contribution in [0.25, 0.3) is 0 Å². The van der Waals surface area contributed by atoms with Gasteiger partial charge in [-0.05, 0) is 55.7 Å². The fraction of sp³-hybridized carbons (Fsp3) is 0.368. The summed E-state index contributed by atoms with van der Waals surface area (Å²) in [5, 5.41) is 14.1. The fourth-order valence-corrected chi connectivity index (χ4v) is 2.53. The minimum atomic E-state index is -0.573. The highest BCUT2D eigenvalue weighted by molar-refractivity contribution is 6.30. The predicted octanol–water partition coefficient (Wildman–Crippen LogP) is 4.05. The Morgan fingerprint density at radius 2 is 1.91 bits per heavy atom. The number of hydrogen-bond donors (Lipinski definition) is 2. The van der Waals surface area contributed by atoms with Crippen LogP contribution in [0.4, 0.5) is 0 Å². The number of hydrogen-bond acceptors (Lipinski definition) is 3. The number of ether oxygens (including phenoxy) is 1. The van der Waals surface area contributed by atoms with Crippen molar-refractivity contribution in [3.05, 3.63) is 64.2 Å². The molecule has 0 heterocycles. The van der Waals surface area contributed by atoms with E-state index in [9.17, 15) is 5.11 Å². The molecule has 0 amide bonds. The van der Waals surface area contributed by atoms with Gasteiger partial charge in [-0.15, -0.1) is 0 Å². The number of rotatable bonds is 7. The lowest BCUT2D eigenvalue weighted by Gasteiger charge is -2.19. The molecule has 124 valence electrons. The number of aryl methyl sites for hydroxylation is 1. The van der Waals surface area contributed by atoms with Gasteiger partial charge in [0.25, 0.3) is 0 Å². The highest BCUT2D eigenvalue weighted by Crippen LogP contribution is 2.21. The minimum absolute atomic E-state index is 0.115. The summed E-state index contributed by atoms with van der Waals surface area (Å²) in [6.07, 6.45) is -0.573. The van der Waals surface area contributed by atoms with Crippen LogP contribution in [0, 0.1) is 13.8 Å². The Balaban J connectivity index is 1.81. The van der Waals surface area contributed by atoms with E-state index < -0.39 is 6.10 Å². The lowest BCUT2D eigenvalue weighted by atomic mass is 10.1. The Labute approximate surface area is 143 Å². The SMILES string of the molecule is Cc1cccc(OCC(O)CNC(C)c2cccc(Cl)c2)c1C. The molecule has 2 aromatic rings. The van der Waals surface area contributed by atoms with Crippen molar-refractivity contribution < 1.29 is 9.84 Å². The fourth-order valence-electron chi connectivity index (χ4n) is 2.33. The highest BCUT2D eigenvalue weighted by Gasteiger charge is 2.11. The molecule has 0 saturated heterocycles. The topological polar surface area (TPSA) is 41.5 Å². The van der Waals surface area contributed by atoms with E-state index >= 15 is 0 Å². The second-order valence-electron chi connectivity index (χ2n) is 5.85. The third-order valence-corrected chi connectivity index (χ3v) is 4.23. The van der Waals surface area contributed by atoms with E-state index in [0.717, 1.165) is 21.9 Å². The van der Waals surface area contributed by atoms with Crippen molar-refractivity contribution >= 4 is 11.6 Å². The molecule has 2 unspecified atom stereocenters. The Hall–Kier alpha value is -1.55. The number of halogens is 1. The van der Waals surface area contributed by atoms with Crippen LogP contribution in [0.15, 0.2) is 42.5 Å². The van der Waals surface area contributed by atoms with E-state index in [0.29, 0.717) is 6.54 Å². The van der Waals surface area contributed by atoms with Gasteiger partial charge in [0.15, 0.2) is 0 Å². The molecular weight excluding hydrogens is 310 g/mol. The lowest BCUT2D eigenvalue weighted by molar-refractivity contribution is 0.104. The molecule has 23 heavy (non-hydrogen) atoms. The predicted molar refractivity (Wildman–Crippen MR) is 95.3 cm³/mol. The van der Waals surface area contributed by atoms with E-state index in [1.807, 2.05) is 63.2 Å². The normalized spacial score (nSPS) is 13.6. The average Bonchev–Trinajstić information content (AvgIpc) is 2.54. The van der Waals surface area contributed by atoms with Crippen LogP contribution in [-0.4, -0.2) is 24.4 Å². The van der Waals surface area contributed by atoms with E-state index in [4.69, 9.17) is 16.3 Å².